The highest BCUT2D eigenvalue weighted by atomic mass is 32.2. The second-order valence-electron chi connectivity index (χ2n) is 8.91. The Hall–Kier alpha value is -3.27. The lowest BCUT2D eigenvalue weighted by atomic mass is 10.1. The summed E-state index contributed by atoms with van der Waals surface area (Å²) in [4.78, 5) is 28.1. The third-order valence-electron chi connectivity index (χ3n) is 5.58. The number of hydrogen-bond acceptors (Lipinski definition) is 6. The summed E-state index contributed by atoms with van der Waals surface area (Å²) in [7, 11) is -3.83. The fourth-order valence-electron chi connectivity index (χ4n) is 3.96. The molecule has 1 aliphatic heterocycles. The lowest BCUT2D eigenvalue weighted by Crippen LogP contribution is -2.53. The second kappa shape index (κ2) is 11.0. The van der Waals surface area contributed by atoms with Gasteiger partial charge in [0.25, 0.3) is 0 Å². The fourth-order valence-corrected chi connectivity index (χ4v) is 4.80. The first-order valence-electron chi connectivity index (χ1n) is 11.5. The highest BCUT2D eigenvalue weighted by Crippen LogP contribution is 2.36. The molecular weight excluding hydrogens is 470 g/mol. The average molecular weight is 504 g/mol. The van der Waals surface area contributed by atoms with Crippen molar-refractivity contribution in [2.24, 2.45) is 0 Å². The lowest BCUT2D eigenvalue weighted by Gasteiger charge is -2.33. The Morgan fingerprint density at radius 3 is 2.43 bits per heavy atom. The van der Waals surface area contributed by atoms with Gasteiger partial charge in [-0.05, 0) is 44.9 Å². The van der Waals surface area contributed by atoms with Crippen molar-refractivity contribution in [2.45, 2.75) is 52.7 Å². The van der Waals surface area contributed by atoms with E-state index in [1.165, 1.54) is 11.0 Å². The number of ether oxygens (including phenoxy) is 2. The van der Waals surface area contributed by atoms with Crippen LogP contribution in [0.5, 0.6) is 11.5 Å². The van der Waals surface area contributed by atoms with Crippen molar-refractivity contribution >= 4 is 27.5 Å². The van der Waals surface area contributed by atoms with Gasteiger partial charge in [-0.1, -0.05) is 36.8 Å². The Bertz CT molecular complexity index is 1180. The maximum atomic E-state index is 13.7. The van der Waals surface area contributed by atoms with Crippen LogP contribution in [0.2, 0.25) is 0 Å². The van der Waals surface area contributed by atoms with E-state index in [2.05, 4.69) is 5.32 Å². The molecule has 0 saturated carbocycles. The molecule has 0 spiro atoms. The van der Waals surface area contributed by atoms with Gasteiger partial charge in [-0.25, -0.2) is 8.42 Å². The van der Waals surface area contributed by atoms with Crippen molar-refractivity contribution in [3.63, 3.8) is 0 Å². The molecule has 0 aliphatic carbocycles. The Labute approximate surface area is 207 Å². The first kappa shape index (κ1) is 26.3. The number of carbonyl (C=O) groups is 2. The van der Waals surface area contributed by atoms with Gasteiger partial charge >= 0.3 is 0 Å². The van der Waals surface area contributed by atoms with Gasteiger partial charge in [-0.2, -0.15) is 0 Å². The molecule has 0 unspecified atom stereocenters. The fraction of sp³-hybridized carbons (Fsp3) is 0.440. The molecule has 1 heterocycles. The summed E-state index contributed by atoms with van der Waals surface area (Å²) in [6.45, 7) is 7.23. The van der Waals surface area contributed by atoms with Gasteiger partial charge in [0.1, 0.15) is 12.6 Å². The second-order valence-corrected chi connectivity index (χ2v) is 10.8. The first-order valence-corrected chi connectivity index (χ1v) is 13.4. The number of benzene rings is 2. The molecule has 0 radical (unpaired) electrons. The maximum Gasteiger partial charge on any atom is 0.244 e. The van der Waals surface area contributed by atoms with E-state index in [1.807, 2.05) is 52.0 Å². The van der Waals surface area contributed by atoms with Gasteiger partial charge in [0.2, 0.25) is 28.6 Å². The third-order valence-corrected chi connectivity index (χ3v) is 6.72. The van der Waals surface area contributed by atoms with E-state index in [0.717, 1.165) is 21.7 Å². The van der Waals surface area contributed by atoms with Crippen molar-refractivity contribution in [3.05, 3.63) is 53.6 Å². The van der Waals surface area contributed by atoms with Crippen LogP contribution in [0, 0.1) is 6.92 Å². The van der Waals surface area contributed by atoms with Crippen molar-refractivity contribution in [3.8, 4) is 11.5 Å². The minimum atomic E-state index is -3.83. The molecule has 0 fully saturated rings. The minimum Gasteiger partial charge on any atom is -0.454 e. The number of sulfonamides is 1. The molecule has 0 aromatic heterocycles. The number of amides is 2. The molecule has 35 heavy (non-hydrogen) atoms. The molecule has 3 rings (SSSR count). The van der Waals surface area contributed by atoms with Crippen molar-refractivity contribution < 1.29 is 27.5 Å². The van der Waals surface area contributed by atoms with Gasteiger partial charge in [-0.3, -0.25) is 13.9 Å². The predicted molar refractivity (Wildman–Crippen MR) is 134 cm³/mol. The topological polar surface area (TPSA) is 105 Å². The number of hydrogen-bond donors (Lipinski definition) is 1. The van der Waals surface area contributed by atoms with E-state index in [-0.39, 0.29) is 31.0 Å². The molecule has 2 amide bonds. The SMILES string of the molecule is CC[C@H](C(=O)NC(C)C)N(Cc1cccc(C)c1)C(=O)CN(c1ccc2c(c1)OCO2)S(C)(=O)=O. The Kier molecular flexibility index (Phi) is 8.26. The molecule has 1 aliphatic rings. The zero-order chi connectivity index (χ0) is 25.8. The molecule has 2 aromatic carbocycles. The van der Waals surface area contributed by atoms with Crippen molar-refractivity contribution in [1.82, 2.24) is 10.2 Å². The van der Waals surface area contributed by atoms with Gasteiger partial charge in [0.05, 0.1) is 11.9 Å². The highest BCUT2D eigenvalue weighted by molar-refractivity contribution is 7.92. The van der Waals surface area contributed by atoms with E-state index in [1.54, 1.807) is 12.1 Å². The smallest absolute Gasteiger partial charge is 0.244 e. The van der Waals surface area contributed by atoms with Gasteiger partial charge < -0.3 is 19.7 Å². The summed E-state index contributed by atoms with van der Waals surface area (Å²) in [5, 5.41) is 2.87. The standard InChI is InChI=1S/C25H33N3O6S/c1-6-21(25(30)26-17(2)3)27(14-19-9-7-8-18(4)12-19)24(29)15-28(35(5,31)32)20-10-11-22-23(13-20)34-16-33-22/h7-13,17,21H,6,14-16H2,1-5H3,(H,26,30)/t21-/m1/s1. The van der Waals surface area contributed by atoms with E-state index < -0.39 is 28.5 Å². The molecule has 1 N–H and O–H groups in total. The highest BCUT2D eigenvalue weighted by Gasteiger charge is 2.32. The largest absolute Gasteiger partial charge is 0.454 e. The number of anilines is 1. The summed E-state index contributed by atoms with van der Waals surface area (Å²) in [5.74, 6) is 0.145. The normalized spacial score (nSPS) is 13.4. The van der Waals surface area contributed by atoms with E-state index in [9.17, 15) is 18.0 Å². The molecule has 10 heteroatoms. The van der Waals surface area contributed by atoms with Crippen molar-refractivity contribution in [2.75, 3.05) is 23.9 Å². The van der Waals surface area contributed by atoms with Crippen LogP contribution < -0.4 is 19.1 Å². The molecule has 1 atom stereocenters. The number of nitrogens with zero attached hydrogens (tertiary/aromatic N) is 2. The number of aryl methyl sites for hydroxylation is 1. The number of carbonyl (C=O) groups excluding carboxylic acids is 2. The molecule has 0 bridgehead atoms. The minimum absolute atomic E-state index is 0.0456. The zero-order valence-corrected chi connectivity index (χ0v) is 21.6. The van der Waals surface area contributed by atoms with Crippen LogP contribution in [0.4, 0.5) is 5.69 Å². The Balaban J connectivity index is 1.95. The molecule has 0 saturated heterocycles. The zero-order valence-electron chi connectivity index (χ0n) is 20.8. The predicted octanol–water partition coefficient (Wildman–Crippen LogP) is 2.82. The number of rotatable bonds is 10. The van der Waals surface area contributed by atoms with Gasteiger partial charge in [-0.15, -0.1) is 0 Å². The number of nitrogens with one attached hydrogen (secondary N) is 1. The molecule has 9 nitrogen and oxygen atoms in total. The van der Waals surface area contributed by atoms with Crippen molar-refractivity contribution in [1.29, 1.82) is 0 Å². The van der Waals surface area contributed by atoms with Crippen LogP contribution in [-0.2, 0) is 26.2 Å². The number of fused-ring (bicyclic) bond motifs is 1. The molecule has 2 aromatic rings. The van der Waals surface area contributed by atoms with Gasteiger partial charge in [0, 0.05) is 18.7 Å². The average Bonchev–Trinajstić information content (AvgIpc) is 3.23. The molecular formula is C25H33N3O6S. The summed E-state index contributed by atoms with van der Waals surface area (Å²) in [5.41, 5.74) is 2.15. The van der Waals surface area contributed by atoms with Crippen LogP contribution in [0.25, 0.3) is 0 Å². The Morgan fingerprint density at radius 2 is 1.80 bits per heavy atom. The van der Waals surface area contributed by atoms with Crippen LogP contribution in [0.15, 0.2) is 42.5 Å². The maximum absolute atomic E-state index is 13.7. The Morgan fingerprint density at radius 1 is 1.09 bits per heavy atom. The lowest BCUT2D eigenvalue weighted by molar-refractivity contribution is -0.140. The third kappa shape index (κ3) is 6.66. The quantitative estimate of drug-likeness (QED) is 0.535. The van der Waals surface area contributed by atoms with E-state index >= 15 is 0 Å². The summed E-state index contributed by atoms with van der Waals surface area (Å²) < 4.78 is 37.1. The summed E-state index contributed by atoms with van der Waals surface area (Å²) in [6.07, 6.45) is 1.41. The first-order chi connectivity index (χ1) is 16.5. The van der Waals surface area contributed by atoms with Gasteiger partial charge in [0.15, 0.2) is 11.5 Å². The monoisotopic (exact) mass is 503 g/mol. The van der Waals surface area contributed by atoms with Crippen LogP contribution in [-0.4, -0.2) is 56.8 Å². The molecule has 190 valence electrons. The van der Waals surface area contributed by atoms with E-state index in [0.29, 0.717) is 17.9 Å². The summed E-state index contributed by atoms with van der Waals surface area (Å²) >= 11 is 0. The van der Waals surface area contributed by atoms with E-state index in [4.69, 9.17) is 9.47 Å². The van der Waals surface area contributed by atoms with Crippen LogP contribution >= 0.6 is 0 Å². The van der Waals surface area contributed by atoms with Crippen LogP contribution in [0.3, 0.4) is 0 Å². The van der Waals surface area contributed by atoms with Crippen LogP contribution in [0.1, 0.15) is 38.3 Å². The summed E-state index contributed by atoms with van der Waals surface area (Å²) in [6, 6.07) is 11.5.